The lowest BCUT2D eigenvalue weighted by atomic mass is 10.0. The monoisotopic (exact) mass is 367 g/mol. The molecule has 1 aromatic heterocycles. The second kappa shape index (κ2) is 6.81. The normalized spacial score (nSPS) is 15.0. The molecule has 2 aromatic rings. The minimum atomic E-state index is 0.121. The molecule has 0 fully saturated rings. The Balaban J connectivity index is 2.02. The van der Waals surface area contributed by atoms with Gasteiger partial charge in [-0.2, -0.15) is 0 Å². The number of para-hydroxylation sites is 1. The summed E-state index contributed by atoms with van der Waals surface area (Å²) < 4.78 is 12.7. The van der Waals surface area contributed by atoms with Crippen LogP contribution in [0, 0.1) is 0 Å². The molecule has 0 saturated heterocycles. The van der Waals surface area contributed by atoms with E-state index in [9.17, 15) is 0 Å². The van der Waals surface area contributed by atoms with Gasteiger partial charge in [0.15, 0.2) is 11.5 Å². The Hall–Kier alpha value is -1.04. The van der Waals surface area contributed by atoms with E-state index in [0.717, 1.165) is 34.5 Å². The van der Waals surface area contributed by atoms with Gasteiger partial charge in [-0.3, -0.25) is 0 Å². The van der Waals surface area contributed by atoms with Crippen molar-refractivity contribution in [2.75, 3.05) is 19.8 Å². The molecule has 0 spiro atoms. The summed E-state index contributed by atoms with van der Waals surface area (Å²) >= 11 is 5.40. The molecule has 1 atom stereocenters. The van der Waals surface area contributed by atoms with E-state index in [1.807, 2.05) is 12.1 Å². The third kappa shape index (κ3) is 3.10. The molecule has 0 aliphatic carbocycles. The third-order valence-electron chi connectivity index (χ3n) is 3.41. The van der Waals surface area contributed by atoms with Crippen molar-refractivity contribution in [3.63, 3.8) is 0 Å². The number of hydrogen-bond donors (Lipinski definition) is 1. The van der Waals surface area contributed by atoms with Crippen LogP contribution in [0.15, 0.2) is 34.1 Å². The first-order valence-corrected chi connectivity index (χ1v) is 8.83. The van der Waals surface area contributed by atoms with Crippen LogP contribution in [-0.4, -0.2) is 19.8 Å². The first-order valence-electron chi connectivity index (χ1n) is 7.16. The topological polar surface area (TPSA) is 30.5 Å². The zero-order chi connectivity index (χ0) is 14.7. The van der Waals surface area contributed by atoms with Crippen molar-refractivity contribution < 1.29 is 9.47 Å². The molecule has 1 unspecified atom stereocenters. The van der Waals surface area contributed by atoms with Crippen LogP contribution in [-0.2, 0) is 0 Å². The van der Waals surface area contributed by atoms with Crippen LogP contribution >= 0.6 is 27.3 Å². The SMILES string of the molecule is CCCNC(c1cccc2c1OCCO2)c1sccc1Br. The van der Waals surface area contributed by atoms with Gasteiger partial charge in [0.25, 0.3) is 0 Å². The van der Waals surface area contributed by atoms with Crippen molar-refractivity contribution in [2.24, 2.45) is 0 Å². The maximum atomic E-state index is 5.88. The fourth-order valence-electron chi connectivity index (χ4n) is 2.47. The van der Waals surface area contributed by atoms with Gasteiger partial charge in [0.1, 0.15) is 13.2 Å². The van der Waals surface area contributed by atoms with Gasteiger partial charge >= 0.3 is 0 Å². The summed E-state index contributed by atoms with van der Waals surface area (Å²) in [6, 6.07) is 8.33. The van der Waals surface area contributed by atoms with E-state index >= 15 is 0 Å². The van der Waals surface area contributed by atoms with Gasteiger partial charge in [0.05, 0.1) is 6.04 Å². The fourth-order valence-corrected chi connectivity index (χ4v) is 4.16. The third-order valence-corrected chi connectivity index (χ3v) is 5.35. The molecule has 5 heteroatoms. The minimum Gasteiger partial charge on any atom is -0.486 e. The maximum absolute atomic E-state index is 5.88. The molecule has 3 nitrogen and oxygen atoms in total. The lowest BCUT2D eigenvalue weighted by Crippen LogP contribution is -2.25. The molecule has 21 heavy (non-hydrogen) atoms. The highest BCUT2D eigenvalue weighted by atomic mass is 79.9. The minimum absolute atomic E-state index is 0.121. The number of hydrogen-bond acceptors (Lipinski definition) is 4. The number of nitrogens with one attached hydrogen (secondary N) is 1. The Morgan fingerprint density at radius 2 is 2.14 bits per heavy atom. The Morgan fingerprint density at radius 3 is 2.90 bits per heavy atom. The molecule has 0 bridgehead atoms. The molecule has 0 radical (unpaired) electrons. The smallest absolute Gasteiger partial charge is 0.166 e. The van der Waals surface area contributed by atoms with Gasteiger partial charge < -0.3 is 14.8 Å². The number of benzene rings is 1. The quantitative estimate of drug-likeness (QED) is 0.850. The maximum Gasteiger partial charge on any atom is 0.166 e. The van der Waals surface area contributed by atoms with Crippen LogP contribution in [0.25, 0.3) is 0 Å². The fraction of sp³-hybridized carbons (Fsp3) is 0.375. The van der Waals surface area contributed by atoms with Crippen molar-refractivity contribution in [3.8, 4) is 11.5 Å². The van der Waals surface area contributed by atoms with Gasteiger partial charge in [-0.1, -0.05) is 19.1 Å². The summed E-state index contributed by atoms with van der Waals surface area (Å²) in [5.41, 5.74) is 1.14. The predicted octanol–water partition coefficient (Wildman–Crippen LogP) is 4.37. The second-order valence-corrected chi connectivity index (χ2v) is 6.69. The summed E-state index contributed by atoms with van der Waals surface area (Å²) in [7, 11) is 0. The summed E-state index contributed by atoms with van der Waals surface area (Å²) in [5, 5.41) is 5.73. The van der Waals surface area contributed by atoms with Crippen LogP contribution in [0.5, 0.6) is 11.5 Å². The molecule has 0 amide bonds. The Bertz CT molecular complexity index is 614. The number of halogens is 1. The lowest BCUT2D eigenvalue weighted by Gasteiger charge is -2.25. The molecule has 1 N–H and O–H groups in total. The van der Waals surface area contributed by atoms with E-state index in [4.69, 9.17) is 9.47 Å². The van der Waals surface area contributed by atoms with Gasteiger partial charge in [0, 0.05) is 14.9 Å². The van der Waals surface area contributed by atoms with Gasteiger partial charge in [-0.25, -0.2) is 0 Å². The van der Waals surface area contributed by atoms with Crippen molar-refractivity contribution in [1.82, 2.24) is 5.32 Å². The van der Waals surface area contributed by atoms with Crippen LogP contribution in [0.4, 0.5) is 0 Å². The lowest BCUT2D eigenvalue weighted by molar-refractivity contribution is 0.169. The van der Waals surface area contributed by atoms with E-state index < -0.39 is 0 Å². The summed E-state index contributed by atoms with van der Waals surface area (Å²) in [6.07, 6.45) is 1.09. The molecule has 1 aliphatic rings. The number of rotatable bonds is 5. The second-order valence-electron chi connectivity index (χ2n) is 4.89. The first kappa shape index (κ1) is 14.9. The molecular formula is C16H18BrNO2S. The summed E-state index contributed by atoms with van der Waals surface area (Å²) in [4.78, 5) is 1.27. The van der Waals surface area contributed by atoms with Crippen molar-refractivity contribution >= 4 is 27.3 Å². The Labute approximate surface area is 137 Å². The highest BCUT2D eigenvalue weighted by Gasteiger charge is 2.25. The van der Waals surface area contributed by atoms with E-state index in [1.54, 1.807) is 11.3 Å². The average molecular weight is 368 g/mol. The van der Waals surface area contributed by atoms with E-state index in [-0.39, 0.29) is 6.04 Å². The molecule has 2 heterocycles. The highest BCUT2D eigenvalue weighted by molar-refractivity contribution is 9.10. The standard InChI is InChI=1S/C16H18BrNO2S/c1-2-7-18-14(16-12(17)6-10-21-16)11-4-3-5-13-15(11)20-9-8-19-13/h3-6,10,14,18H,2,7-9H2,1H3. The summed E-state index contributed by atoms with van der Waals surface area (Å²) in [6.45, 7) is 4.36. The molecular weight excluding hydrogens is 350 g/mol. The van der Waals surface area contributed by atoms with Crippen molar-refractivity contribution in [3.05, 3.63) is 44.6 Å². The van der Waals surface area contributed by atoms with E-state index in [2.05, 4.69) is 45.7 Å². The van der Waals surface area contributed by atoms with Crippen LogP contribution in [0.3, 0.4) is 0 Å². The number of ether oxygens (including phenoxy) is 2. The van der Waals surface area contributed by atoms with Gasteiger partial charge in [-0.15, -0.1) is 11.3 Å². The number of thiophene rings is 1. The predicted molar refractivity (Wildman–Crippen MR) is 89.6 cm³/mol. The Kier molecular flexibility index (Phi) is 4.83. The molecule has 1 aliphatic heterocycles. The zero-order valence-electron chi connectivity index (χ0n) is 11.9. The van der Waals surface area contributed by atoms with Crippen molar-refractivity contribution in [2.45, 2.75) is 19.4 Å². The molecule has 1 aromatic carbocycles. The largest absolute Gasteiger partial charge is 0.486 e. The van der Waals surface area contributed by atoms with Gasteiger partial charge in [-0.05, 0) is 46.4 Å². The molecule has 0 saturated carbocycles. The Morgan fingerprint density at radius 1 is 1.29 bits per heavy atom. The van der Waals surface area contributed by atoms with Crippen molar-refractivity contribution in [1.29, 1.82) is 0 Å². The highest BCUT2D eigenvalue weighted by Crippen LogP contribution is 2.42. The molecule has 112 valence electrons. The molecule has 3 rings (SSSR count). The van der Waals surface area contributed by atoms with E-state index in [1.165, 1.54) is 4.88 Å². The average Bonchev–Trinajstić information content (AvgIpc) is 2.94. The number of fused-ring (bicyclic) bond motifs is 1. The van der Waals surface area contributed by atoms with Gasteiger partial charge in [0.2, 0.25) is 0 Å². The first-order chi connectivity index (χ1) is 10.3. The zero-order valence-corrected chi connectivity index (χ0v) is 14.3. The summed E-state index contributed by atoms with van der Waals surface area (Å²) in [5.74, 6) is 1.72. The van der Waals surface area contributed by atoms with Crippen LogP contribution in [0.1, 0.15) is 29.8 Å². The van der Waals surface area contributed by atoms with Crippen LogP contribution < -0.4 is 14.8 Å². The van der Waals surface area contributed by atoms with Crippen LogP contribution in [0.2, 0.25) is 0 Å². The van der Waals surface area contributed by atoms with E-state index in [0.29, 0.717) is 13.2 Å².